The highest BCUT2D eigenvalue weighted by molar-refractivity contribution is 5.92. The van der Waals surface area contributed by atoms with Gasteiger partial charge in [-0.25, -0.2) is 0 Å². The van der Waals surface area contributed by atoms with E-state index in [4.69, 9.17) is 10.5 Å². The van der Waals surface area contributed by atoms with Gasteiger partial charge in [0.15, 0.2) is 0 Å². The first-order valence-corrected chi connectivity index (χ1v) is 7.46. The number of nitrogens with zero attached hydrogens (tertiary/aromatic N) is 2. The summed E-state index contributed by atoms with van der Waals surface area (Å²) in [6.07, 6.45) is 7.93. The van der Waals surface area contributed by atoms with Gasteiger partial charge in [-0.05, 0) is 30.9 Å². The van der Waals surface area contributed by atoms with E-state index in [1.807, 2.05) is 24.3 Å². The molecular weight excluding hydrogens is 258 g/mol. The summed E-state index contributed by atoms with van der Waals surface area (Å²) >= 11 is 0. The number of hydrogen-bond donors (Lipinski definition) is 1. The molecule has 1 aliphatic rings. The monoisotopic (exact) mass is 275 g/mol. The van der Waals surface area contributed by atoms with Crippen LogP contribution in [0.1, 0.15) is 49.3 Å². The molecule has 1 aliphatic carbocycles. The molecule has 0 spiro atoms. The second-order valence-corrected chi connectivity index (χ2v) is 5.61. The Morgan fingerprint density at radius 2 is 1.81 bits per heavy atom. The van der Waals surface area contributed by atoms with E-state index in [-0.39, 0.29) is 5.57 Å². The number of nitriles is 2. The first kappa shape index (κ1) is 13.5. The van der Waals surface area contributed by atoms with Gasteiger partial charge in [-0.2, -0.15) is 10.5 Å². The average molecular weight is 275 g/mol. The van der Waals surface area contributed by atoms with Crippen LogP contribution >= 0.6 is 0 Å². The summed E-state index contributed by atoms with van der Waals surface area (Å²) in [4.78, 5) is 3.52. The molecule has 0 atom stereocenters. The van der Waals surface area contributed by atoms with Crippen LogP contribution in [0.2, 0.25) is 0 Å². The minimum Gasteiger partial charge on any atom is -0.358 e. The molecule has 1 aromatic heterocycles. The molecule has 1 fully saturated rings. The molecule has 3 rings (SSSR count). The molecule has 0 saturated heterocycles. The number of rotatable bonds is 2. The molecule has 0 unspecified atom stereocenters. The quantitative estimate of drug-likeness (QED) is 0.811. The SMILES string of the molecule is N#CC(C#N)=Cc1c(C2CCCCC2)[nH]c2ccccc12. The standard InChI is InChI=1S/C18H17N3/c19-11-13(12-20)10-16-15-8-4-5-9-17(15)21-18(16)14-6-2-1-3-7-14/h4-5,8-10,14,21H,1-3,6-7H2. The van der Waals surface area contributed by atoms with Gasteiger partial charge >= 0.3 is 0 Å². The minimum atomic E-state index is 0.164. The number of allylic oxidation sites excluding steroid dienone is 1. The first-order valence-electron chi connectivity index (χ1n) is 7.46. The number of hydrogen-bond acceptors (Lipinski definition) is 2. The van der Waals surface area contributed by atoms with Crippen molar-refractivity contribution in [3.8, 4) is 12.1 Å². The van der Waals surface area contributed by atoms with Crippen LogP contribution in [0.4, 0.5) is 0 Å². The first-order chi connectivity index (χ1) is 10.3. The Morgan fingerprint density at radius 3 is 2.52 bits per heavy atom. The Balaban J connectivity index is 2.17. The van der Waals surface area contributed by atoms with E-state index in [1.165, 1.54) is 37.8 Å². The molecule has 104 valence electrons. The number of aromatic amines is 1. The Labute approximate surface area is 124 Å². The van der Waals surface area contributed by atoms with Crippen molar-refractivity contribution in [2.24, 2.45) is 0 Å². The number of H-pyrrole nitrogens is 1. The predicted octanol–water partition coefficient (Wildman–Crippen LogP) is 4.65. The van der Waals surface area contributed by atoms with Gasteiger partial charge in [-0.3, -0.25) is 0 Å². The average Bonchev–Trinajstić information content (AvgIpc) is 2.92. The lowest BCUT2D eigenvalue weighted by molar-refractivity contribution is 0.438. The van der Waals surface area contributed by atoms with Gasteiger partial charge in [0, 0.05) is 22.2 Å². The normalized spacial score (nSPS) is 15.3. The van der Waals surface area contributed by atoms with Crippen LogP contribution < -0.4 is 0 Å². The van der Waals surface area contributed by atoms with E-state index >= 15 is 0 Å². The van der Waals surface area contributed by atoms with Crippen LogP contribution in [0.5, 0.6) is 0 Å². The van der Waals surface area contributed by atoms with Gasteiger partial charge in [0.05, 0.1) is 0 Å². The van der Waals surface area contributed by atoms with Crippen molar-refractivity contribution in [1.29, 1.82) is 10.5 Å². The number of aromatic nitrogens is 1. The molecule has 1 aromatic carbocycles. The number of nitrogens with one attached hydrogen (secondary N) is 1. The predicted molar refractivity (Wildman–Crippen MR) is 83.3 cm³/mol. The lowest BCUT2D eigenvalue weighted by Gasteiger charge is -2.21. The van der Waals surface area contributed by atoms with Gasteiger partial charge < -0.3 is 4.98 Å². The molecular formula is C18H17N3. The van der Waals surface area contributed by atoms with Gasteiger partial charge in [0.1, 0.15) is 17.7 Å². The van der Waals surface area contributed by atoms with E-state index in [0.29, 0.717) is 5.92 Å². The Morgan fingerprint density at radius 1 is 1.10 bits per heavy atom. The van der Waals surface area contributed by atoms with Gasteiger partial charge in [0.25, 0.3) is 0 Å². The highest BCUT2D eigenvalue weighted by Gasteiger charge is 2.21. The number of para-hydroxylation sites is 1. The lowest BCUT2D eigenvalue weighted by atomic mass is 9.85. The third-order valence-electron chi connectivity index (χ3n) is 4.32. The molecule has 0 aliphatic heterocycles. The maximum absolute atomic E-state index is 9.05. The summed E-state index contributed by atoms with van der Waals surface area (Å²) in [6, 6.07) is 12.0. The van der Waals surface area contributed by atoms with Crippen molar-refractivity contribution in [2.75, 3.05) is 0 Å². The summed E-state index contributed by atoms with van der Waals surface area (Å²) in [6.45, 7) is 0. The van der Waals surface area contributed by atoms with Crippen LogP contribution in [0, 0.1) is 22.7 Å². The summed E-state index contributed by atoms with van der Waals surface area (Å²) in [5.41, 5.74) is 3.46. The Hall–Kier alpha value is -2.52. The van der Waals surface area contributed by atoms with Crippen molar-refractivity contribution in [3.63, 3.8) is 0 Å². The Bertz CT molecular complexity index is 746. The zero-order valence-corrected chi connectivity index (χ0v) is 11.9. The highest BCUT2D eigenvalue weighted by Crippen LogP contribution is 2.37. The zero-order chi connectivity index (χ0) is 14.7. The molecule has 3 nitrogen and oxygen atoms in total. The van der Waals surface area contributed by atoms with Gasteiger partial charge in [0.2, 0.25) is 0 Å². The molecule has 0 bridgehead atoms. The van der Waals surface area contributed by atoms with Crippen molar-refractivity contribution in [3.05, 3.63) is 41.1 Å². The highest BCUT2D eigenvalue weighted by atomic mass is 14.7. The third kappa shape index (κ3) is 2.56. The summed E-state index contributed by atoms with van der Waals surface area (Å²) in [7, 11) is 0. The third-order valence-corrected chi connectivity index (χ3v) is 4.32. The van der Waals surface area contributed by atoms with Crippen LogP contribution in [0.25, 0.3) is 17.0 Å². The maximum Gasteiger partial charge on any atom is 0.130 e. The fourth-order valence-electron chi connectivity index (χ4n) is 3.29. The van der Waals surface area contributed by atoms with E-state index < -0.39 is 0 Å². The molecule has 21 heavy (non-hydrogen) atoms. The van der Waals surface area contributed by atoms with Crippen LogP contribution in [-0.2, 0) is 0 Å². The fourth-order valence-corrected chi connectivity index (χ4v) is 3.29. The van der Waals surface area contributed by atoms with E-state index in [1.54, 1.807) is 6.08 Å². The molecule has 0 radical (unpaired) electrons. The largest absolute Gasteiger partial charge is 0.358 e. The van der Waals surface area contributed by atoms with Gasteiger partial charge in [-0.1, -0.05) is 37.5 Å². The molecule has 1 saturated carbocycles. The molecule has 3 heteroatoms. The molecule has 0 amide bonds. The van der Waals surface area contributed by atoms with Crippen molar-refractivity contribution < 1.29 is 0 Å². The van der Waals surface area contributed by atoms with Crippen LogP contribution in [0.15, 0.2) is 29.8 Å². The van der Waals surface area contributed by atoms with Crippen molar-refractivity contribution >= 4 is 17.0 Å². The molecule has 1 N–H and O–H groups in total. The smallest absolute Gasteiger partial charge is 0.130 e. The fraction of sp³-hybridized carbons (Fsp3) is 0.333. The van der Waals surface area contributed by atoms with E-state index in [0.717, 1.165) is 16.5 Å². The maximum atomic E-state index is 9.05. The Kier molecular flexibility index (Phi) is 3.75. The second-order valence-electron chi connectivity index (χ2n) is 5.61. The number of benzene rings is 1. The summed E-state index contributed by atoms with van der Waals surface area (Å²) < 4.78 is 0. The second kappa shape index (κ2) is 5.85. The minimum absolute atomic E-state index is 0.164. The van der Waals surface area contributed by atoms with Crippen molar-refractivity contribution in [1.82, 2.24) is 4.98 Å². The topological polar surface area (TPSA) is 63.4 Å². The molecule has 2 aromatic rings. The van der Waals surface area contributed by atoms with E-state index in [2.05, 4.69) is 17.1 Å². The van der Waals surface area contributed by atoms with Gasteiger partial charge in [-0.15, -0.1) is 0 Å². The summed E-state index contributed by atoms with van der Waals surface area (Å²) in [5, 5.41) is 19.2. The number of fused-ring (bicyclic) bond motifs is 1. The lowest BCUT2D eigenvalue weighted by Crippen LogP contribution is -2.06. The van der Waals surface area contributed by atoms with Crippen LogP contribution in [0.3, 0.4) is 0 Å². The molecule has 1 heterocycles. The summed E-state index contributed by atoms with van der Waals surface area (Å²) in [5.74, 6) is 0.510. The zero-order valence-electron chi connectivity index (χ0n) is 11.9. The van der Waals surface area contributed by atoms with Crippen LogP contribution in [-0.4, -0.2) is 4.98 Å². The van der Waals surface area contributed by atoms with E-state index in [9.17, 15) is 0 Å². The van der Waals surface area contributed by atoms with Crippen molar-refractivity contribution in [2.45, 2.75) is 38.0 Å².